The van der Waals surface area contributed by atoms with Crippen molar-refractivity contribution >= 4 is 5.65 Å². The van der Waals surface area contributed by atoms with Gasteiger partial charge in [-0.1, -0.05) is 279 Å². The van der Waals surface area contributed by atoms with Gasteiger partial charge in [0.2, 0.25) is 0 Å². The Bertz CT molecular complexity index is 4050. The van der Waals surface area contributed by atoms with Gasteiger partial charge in [0, 0.05) is 28.8 Å². The number of aromatic nitrogens is 12. The van der Waals surface area contributed by atoms with E-state index in [0.717, 1.165) is 101 Å². The Hall–Kier alpha value is -11.0. The molecular weight excluding hydrogens is 1030 g/mol. The highest BCUT2D eigenvalue weighted by Crippen LogP contribution is 2.46. The van der Waals surface area contributed by atoms with Crippen LogP contribution in [0.15, 0.2) is 279 Å². The van der Waals surface area contributed by atoms with Gasteiger partial charge >= 0.3 is 0 Å². The van der Waals surface area contributed by atoms with Gasteiger partial charge in [-0.2, -0.15) is 4.63 Å². The number of fused-ring (bicyclic) bond motifs is 1. The van der Waals surface area contributed by atoms with Crippen LogP contribution >= 0.6 is 0 Å². The Morgan fingerprint density at radius 3 is 1.06 bits per heavy atom. The first-order valence-corrected chi connectivity index (χ1v) is 28.2. The zero-order valence-electron chi connectivity index (χ0n) is 46.3. The molecule has 0 amide bonds. The SMILES string of the molecule is Cc1nc2c(Cc3ccc(-c4ccccc4-c4nnnn4C(c4ccccc4)(c4ccccc4)c4ccccc4)cc3)c(C)n(Cc3ccc(-c4ccccc4-c4nnnn4C(c4ccccc4)(c4ccccc4)c4ccccc4)cc3)n2n1. The molecule has 0 saturated heterocycles. The number of hydrogen-bond donors (Lipinski definition) is 0. The molecule has 0 bridgehead atoms. The van der Waals surface area contributed by atoms with E-state index in [-0.39, 0.29) is 0 Å². The van der Waals surface area contributed by atoms with Crippen LogP contribution < -0.4 is 0 Å². The monoisotopic (exact) mass is 1090 g/mol. The molecule has 0 unspecified atom stereocenters. The van der Waals surface area contributed by atoms with E-state index in [1.165, 1.54) is 0 Å². The quantitative estimate of drug-likeness (QED) is 0.0877. The molecule has 0 aliphatic carbocycles. The molecule has 4 heterocycles. The Kier molecular flexibility index (Phi) is 13.3. The van der Waals surface area contributed by atoms with Gasteiger partial charge in [-0.05, 0) is 101 Å². The van der Waals surface area contributed by atoms with Crippen molar-refractivity contribution in [3.8, 4) is 45.0 Å². The van der Waals surface area contributed by atoms with Crippen LogP contribution in [-0.4, -0.2) is 59.8 Å². The van der Waals surface area contributed by atoms with E-state index >= 15 is 0 Å². The molecule has 404 valence electrons. The highest BCUT2D eigenvalue weighted by Gasteiger charge is 2.44. The molecule has 0 saturated carbocycles. The van der Waals surface area contributed by atoms with Crippen LogP contribution in [0, 0.1) is 13.8 Å². The third-order valence-electron chi connectivity index (χ3n) is 16.3. The molecule has 0 radical (unpaired) electrons. The lowest BCUT2D eigenvalue weighted by atomic mass is 9.77. The summed E-state index contributed by atoms with van der Waals surface area (Å²) in [5.41, 5.74) is 15.8. The first-order valence-electron chi connectivity index (χ1n) is 28.2. The van der Waals surface area contributed by atoms with E-state index in [1.807, 2.05) is 57.3 Å². The summed E-state index contributed by atoms with van der Waals surface area (Å²) in [6.45, 7) is 4.72. The van der Waals surface area contributed by atoms with Gasteiger partial charge in [-0.25, -0.2) is 14.3 Å². The summed E-state index contributed by atoms with van der Waals surface area (Å²) in [6, 6.07) is 97.4. The smallest absolute Gasteiger partial charge is 0.184 e. The normalized spacial score (nSPS) is 11.8. The van der Waals surface area contributed by atoms with Crippen molar-refractivity contribution in [2.45, 2.75) is 37.9 Å². The van der Waals surface area contributed by atoms with Gasteiger partial charge in [0.25, 0.3) is 0 Å². The fourth-order valence-corrected chi connectivity index (χ4v) is 12.4. The van der Waals surface area contributed by atoms with Gasteiger partial charge < -0.3 is 0 Å². The molecule has 14 aromatic rings. The molecule has 0 fully saturated rings. The van der Waals surface area contributed by atoms with Crippen molar-refractivity contribution in [3.05, 3.63) is 341 Å². The summed E-state index contributed by atoms with van der Waals surface area (Å²) in [7, 11) is 0. The van der Waals surface area contributed by atoms with Crippen LogP contribution in [0.1, 0.15) is 61.6 Å². The lowest BCUT2D eigenvalue weighted by Crippen LogP contribution is -2.39. The third kappa shape index (κ3) is 8.79. The predicted octanol–water partition coefficient (Wildman–Crippen LogP) is 14.1. The molecule has 10 aromatic carbocycles. The second kappa shape index (κ2) is 21.8. The summed E-state index contributed by atoms with van der Waals surface area (Å²) in [5.74, 6) is 2.02. The van der Waals surface area contributed by atoms with Crippen molar-refractivity contribution < 1.29 is 0 Å². The maximum atomic E-state index is 4.99. The summed E-state index contributed by atoms with van der Waals surface area (Å²) in [4.78, 5) is 4.99. The highest BCUT2D eigenvalue weighted by molar-refractivity contribution is 5.82. The van der Waals surface area contributed by atoms with Crippen molar-refractivity contribution in [2.75, 3.05) is 0 Å². The average molecular weight is 1090 g/mol. The molecule has 0 spiro atoms. The molecule has 12 heteroatoms. The number of benzene rings is 10. The first-order chi connectivity index (χ1) is 41.5. The molecule has 84 heavy (non-hydrogen) atoms. The van der Waals surface area contributed by atoms with E-state index in [1.54, 1.807) is 0 Å². The molecule has 12 nitrogen and oxygen atoms in total. The Morgan fingerprint density at radius 2 is 0.690 bits per heavy atom. The molecular formula is C72H56N12. The molecule has 0 aliphatic rings. The Morgan fingerprint density at radius 1 is 0.357 bits per heavy atom. The van der Waals surface area contributed by atoms with Gasteiger partial charge in [0.15, 0.2) is 17.3 Å². The van der Waals surface area contributed by atoms with Crippen molar-refractivity contribution in [1.29, 1.82) is 0 Å². The fraction of sp³-hybridized carbons (Fsp3) is 0.0833. The third-order valence-corrected chi connectivity index (χ3v) is 16.3. The van der Waals surface area contributed by atoms with Crippen molar-refractivity contribution in [2.24, 2.45) is 0 Å². The van der Waals surface area contributed by atoms with Gasteiger partial charge in [-0.15, -0.1) is 15.3 Å². The zero-order valence-corrected chi connectivity index (χ0v) is 46.3. The number of nitrogens with zero attached hydrogens (tertiary/aromatic N) is 12. The standard InChI is InChI=1S/C72H56N12/c1-51-67(49-53-41-45-55(46-42-53)63-37-21-23-39-65(63)69-74-77-79-82(69)71(57-25-9-3-10-26-57,58-27-11-4-12-28-58)59-29-13-5-14-30-59)68-73-52(2)76-84(68)81(51)50-54-43-47-56(48-44-54)64-38-22-24-40-66(64)70-75-78-80-83(70)72(60-31-15-6-16-32-60,61-33-17-7-18-34-61)62-35-19-8-20-36-62/h3-48H,49-50H2,1-2H3. The van der Waals surface area contributed by atoms with Crippen LogP contribution in [0.5, 0.6) is 0 Å². The average Bonchev–Trinajstić information content (AvgIpc) is 2.19. The van der Waals surface area contributed by atoms with Crippen molar-refractivity contribution in [3.63, 3.8) is 0 Å². The molecule has 0 aliphatic heterocycles. The van der Waals surface area contributed by atoms with E-state index in [4.69, 9.17) is 30.7 Å². The lowest BCUT2D eigenvalue weighted by Gasteiger charge is -2.36. The van der Waals surface area contributed by atoms with Crippen LogP contribution in [0.25, 0.3) is 50.7 Å². The number of aryl methyl sites for hydroxylation is 1. The topological polar surface area (TPSA) is 122 Å². The minimum atomic E-state index is -0.888. The molecule has 0 atom stereocenters. The van der Waals surface area contributed by atoms with Crippen LogP contribution in [0.3, 0.4) is 0 Å². The maximum Gasteiger partial charge on any atom is 0.184 e. The highest BCUT2D eigenvalue weighted by atomic mass is 15.6. The van der Waals surface area contributed by atoms with Gasteiger partial charge in [0.1, 0.15) is 16.9 Å². The van der Waals surface area contributed by atoms with Crippen LogP contribution in [0.4, 0.5) is 0 Å². The van der Waals surface area contributed by atoms with E-state index < -0.39 is 11.1 Å². The van der Waals surface area contributed by atoms with Crippen LogP contribution in [-0.2, 0) is 24.0 Å². The molecule has 14 rings (SSSR count). The van der Waals surface area contributed by atoms with E-state index in [9.17, 15) is 0 Å². The number of rotatable bonds is 16. The summed E-state index contributed by atoms with van der Waals surface area (Å²) >= 11 is 0. The number of tetrazole rings is 2. The fourth-order valence-electron chi connectivity index (χ4n) is 12.4. The molecule has 0 N–H and O–H groups in total. The van der Waals surface area contributed by atoms with Crippen LogP contribution in [0.2, 0.25) is 0 Å². The molecule has 4 aromatic heterocycles. The maximum absolute atomic E-state index is 4.99. The summed E-state index contributed by atoms with van der Waals surface area (Å²) in [6.07, 6.45) is 0.670. The van der Waals surface area contributed by atoms with E-state index in [0.29, 0.717) is 24.6 Å². The van der Waals surface area contributed by atoms with Gasteiger partial charge in [0.05, 0.1) is 6.54 Å². The Labute approximate surface area is 486 Å². The second-order valence-electron chi connectivity index (χ2n) is 21.1. The first kappa shape index (κ1) is 51.2. The van der Waals surface area contributed by atoms with Gasteiger partial charge in [-0.3, -0.25) is 4.68 Å². The number of hydrogen-bond acceptors (Lipinski definition) is 8. The second-order valence-corrected chi connectivity index (χ2v) is 21.1. The van der Waals surface area contributed by atoms with Crippen molar-refractivity contribution in [1.82, 2.24) is 59.8 Å². The lowest BCUT2D eigenvalue weighted by molar-refractivity contribution is 0.451. The summed E-state index contributed by atoms with van der Waals surface area (Å²) < 4.78 is 8.19. The predicted molar refractivity (Wildman–Crippen MR) is 329 cm³/mol. The minimum Gasteiger partial charge on any atom is -0.263 e. The largest absolute Gasteiger partial charge is 0.263 e. The zero-order chi connectivity index (χ0) is 56.5. The Balaban J connectivity index is 0.766. The summed E-state index contributed by atoms with van der Waals surface area (Å²) in [5, 5.41) is 33.0. The minimum absolute atomic E-state index is 0.592. The van der Waals surface area contributed by atoms with E-state index in [2.05, 4.69) is 265 Å².